The summed E-state index contributed by atoms with van der Waals surface area (Å²) in [4.78, 5) is 19.4. The van der Waals surface area contributed by atoms with Gasteiger partial charge >= 0.3 is 0 Å². The monoisotopic (exact) mass is 464 g/mol. The fourth-order valence-electron chi connectivity index (χ4n) is 3.83. The van der Waals surface area contributed by atoms with Crippen LogP contribution in [-0.4, -0.2) is 27.3 Å². The van der Waals surface area contributed by atoms with Gasteiger partial charge in [-0.3, -0.25) is 4.79 Å². The number of benzene rings is 3. The molecule has 32 heavy (non-hydrogen) atoms. The van der Waals surface area contributed by atoms with Crippen molar-refractivity contribution < 1.29 is 9.53 Å². The van der Waals surface area contributed by atoms with E-state index < -0.39 is 0 Å². The number of aromatic nitrogens is 3. The minimum atomic E-state index is -0.234. The highest BCUT2D eigenvalue weighted by Gasteiger charge is 2.33. The zero-order valence-corrected chi connectivity index (χ0v) is 18.9. The highest BCUT2D eigenvalue weighted by Crippen LogP contribution is 2.41. The lowest BCUT2D eigenvalue weighted by Crippen LogP contribution is -2.37. The number of rotatable bonds is 3. The van der Waals surface area contributed by atoms with E-state index in [2.05, 4.69) is 0 Å². The third-order valence-electron chi connectivity index (χ3n) is 5.20. The van der Waals surface area contributed by atoms with Crippen LogP contribution in [0.1, 0.15) is 11.1 Å². The van der Waals surface area contributed by atoms with Gasteiger partial charge in [-0.2, -0.15) is 9.67 Å². The first kappa shape index (κ1) is 20.5. The van der Waals surface area contributed by atoms with E-state index in [4.69, 9.17) is 38.0 Å². The van der Waals surface area contributed by atoms with Crippen molar-refractivity contribution in [2.24, 2.45) is 0 Å². The number of carbonyl (C=O) groups excluding carboxylic acids is 1. The number of anilines is 2. The number of aryl methyl sites for hydroxylation is 2. The van der Waals surface area contributed by atoms with Gasteiger partial charge < -0.3 is 4.74 Å². The van der Waals surface area contributed by atoms with E-state index in [1.165, 1.54) is 0 Å². The van der Waals surface area contributed by atoms with Crippen LogP contribution < -0.4 is 9.64 Å². The first-order valence-electron chi connectivity index (χ1n) is 9.97. The van der Waals surface area contributed by atoms with Crippen LogP contribution >= 0.6 is 23.2 Å². The van der Waals surface area contributed by atoms with Crippen LogP contribution in [0.2, 0.25) is 10.0 Å². The van der Waals surface area contributed by atoms with E-state index in [1.807, 2.05) is 56.3 Å². The second-order valence-corrected chi connectivity index (χ2v) is 8.40. The van der Waals surface area contributed by atoms with Crippen LogP contribution in [0.4, 0.5) is 11.6 Å². The topological polar surface area (TPSA) is 60.2 Å². The second kappa shape index (κ2) is 7.97. The Balaban J connectivity index is 1.76. The lowest BCUT2D eigenvalue weighted by Gasteiger charge is -2.30. The van der Waals surface area contributed by atoms with E-state index in [1.54, 1.807) is 27.8 Å². The maximum Gasteiger partial charge on any atom is 0.272 e. The number of amides is 1. The predicted octanol–water partition coefficient (Wildman–Crippen LogP) is 5.92. The van der Waals surface area contributed by atoms with Crippen LogP contribution in [0, 0.1) is 13.8 Å². The van der Waals surface area contributed by atoms with Gasteiger partial charge in [-0.25, -0.2) is 4.90 Å². The number of fused-ring (bicyclic) bond motifs is 1. The lowest BCUT2D eigenvalue weighted by molar-refractivity contribution is -0.120. The molecule has 1 amide bonds. The number of hydrogen-bond donors (Lipinski definition) is 0. The molecule has 0 radical (unpaired) electrons. The molecule has 160 valence electrons. The first-order valence-corrected chi connectivity index (χ1v) is 10.7. The summed E-state index contributed by atoms with van der Waals surface area (Å²) in [6.07, 6.45) is 0. The normalized spacial score (nSPS) is 13.1. The van der Waals surface area contributed by atoms with Crippen molar-refractivity contribution in [2.45, 2.75) is 13.8 Å². The van der Waals surface area contributed by atoms with Crippen molar-refractivity contribution >= 4 is 40.7 Å². The van der Waals surface area contributed by atoms with E-state index in [0.717, 1.165) is 16.8 Å². The summed E-state index contributed by atoms with van der Waals surface area (Å²) in [7, 11) is 0. The summed E-state index contributed by atoms with van der Waals surface area (Å²) >= 11 is 12.5. The Kier molecular flexibility index (Phi) is 5.12. The third kappa shape index (κ3) is 3.51. The molecule has 1 aliphatic heterocycles. The summed E-state index contributed by atoms with van der Waals surface area (Å²) < 4.78 is 7.38. The van der Waals surface area contributed by atoms with Gasteiger partial charge in [0.05, 0.1) is 16.4 Å². The van der Waals surface area contributed by atoms with Crippen LogP contribution in [0.25, 0.3) is 17.1 Å². The zero-order valence-electron chi connectivity index (χ0n) is 17.3. The van der Waals surface area contributed by atoms with Gasteiger partial charge in [0.15, 0.2) is 12.4 Å². The summed E-state index contributed by atoms with van der Waals surface area (Å²) in [5, 5.41) is 5.66. The van der Waals surface area contributed by atoms with Crippen LogP contribution in [0.5, 0.6) is 5.75 Å². The van der Waals surface area contributed by atoms with Crippen LogP contribution in [0.15, 0.2) is 60.7 Å². The van der Waals surface area contributed by atoms with Gasteiger partial charge in [0, 0.05) is 10.6 Å². The number of nitrogens with zero attached hydrogens (tertiary/aromatic N) is 4. The van der Waals surface area contributed by atoms with Crippen molar-refractivity contribution in [2.75, 3.05) is 11.5 Å². The molecule has 0 atom stereocenters. The Morgan fingerprint density at radius 2 is 1.78 bits per heavy atom. The van der Waals surface area contributed by atoms with Crippen molar-refractivity contribution in [3.63, 3.8) is 0 Å². The quantitative estimate of drug-likeness (QED) is 0.377. The van der Waals surface area contributed by atoms with Crippen molar-refractivity contribution in [1.82, 2.24) is 14.8 Å². The molecule has 0 aliphatic carbocycles. The molecule has 0 fully saturated rings. The van der Waals surface area contributed by atoms with Crippen LogP contribution in [-0.2, 0) is 4.79 Å². The Hall–Kier alpha value is -3.35. The average molecular weight is 465 g/mol. The standard InChI is InChI=1S/C24H18Cl2N4O2/c1-14-10-15(2)22-20(11-14)32-13-21(31)29(22)24-27-23(18-9-8-16(25)12-19(18)26)28-30(24)17-6-4-3-5-7-17/h3-12H,13H2,1-2H3. The SMILES string of the molecule is Cc1cc(C)c2c(c1)OCC(=O)N2c1nc(-c2ccc(Cl)cc2Cl)nn1-c1ccccc1. The van der Waals surface area contributed by atoms with E-state index >= 15 is 0 Å². The fraction of sp³-hybridized carbons (Fsp3) is 0.125. The summed E-state index contributed by atoms with van der Waals surface area (Å²) in [5.41, 5.74) is 3.99. The molecular weight excluding hydrogens is 447 g/mol. The Morgan fingerprint density at radius 1 is 1.00 bits per heavy atom. The van der Waals surface area contributed by atoms with Gasteiger partial charge in [0.2, 0.25) is 5.95 Å². The van der Waals surface area contributed by atoms with E-state index in [-0.39, 0.29) is 12.5 Å². The molecule has 0 saturated heterocycles. The van der Waals surface area contributed by atoms with E-state index in [9.17, 15) is 4.79 Å². The minimum Gasteiger partial charge on any atom is -0.482 e. The highest BCUT2D eigenvalue weighted by molar-refractivity contribution is 6.36. The molecule has 2 heterocycles. The summed E-state index contributed by atoms with van der Waals surface area (Å²) in [5.74, 6) is 1.15. The highest BCUT2D eigenvalue weighted by atomic mass is 35.5. The van der Waals surface area contributed by atoms with Crippen molar-refractivity contribution in [3.8, 4) is 22.8 Å². The number of carbonyl (C=O) groups is 1. The third-order valence-corrected chi connectivity index (χ3v) is 5.74. The molecule has 0 spiro atoms. The smallest absolute Gasteiger partial charge is 0.272 e. The maximum atomic E-state index is 13.1. The van der Waals surface area contributed by atoms with E-state index in [0.29, 0.717) is 38.8 Å². The molecule has 1 aliphatic rings. The molecule has 8 heteroatoms. The predicted molar refractivity (Wildman–Crippen MR) is 125 cm³/mol. The maximum absolute atomic E-state index is 13.1. The molecule has 0 saturated carbocycles. The Morgan fingerprint density at radius 3 is 2.53 bits per heavy atom. The number of halogens is 2. The molecule has 6 nitrogen and oxygen atoms in total. The molecule has 1 aromatic heterocycles. The van der Waals surface area contributed by atoms with Gasteiger partial charge in [-0.05, 0) is 61.4 Å². The summed E-state index contributed by atoms with van der Waals surface area (Å²) in [6.45, 7) is 3.85. The molecule has 0 bridgehead atoms. The first-order chi connectivity index (χ1) is 15.4. The van der Waals surface area contributed by atoms with Crippen molar-refractivity contribution in [3.05, 3.63) is 81.8 Å². The molecule has 0 unspecified atom stereocenters. The number of ether oxygens (including phenoxy) is 1. The average Bonchev–Trinajstić information content (AvgIpc) is 3.19. The molecule has 5 rings (SSSR count). The van der Waals surface area contributed by atoms with Crippen molar-refractivity contribution in [1.29, 1.82) is 0 Å². The minimum absolute atomic E-state index is 0.0887. The molecular formula is C24H18Cl2N4O2. The molecule has 4 aromatic rings. The number of hydrogen-bond acceptors (Lipinski definition) is 4. The fourth-order valence-corrected chi connectivity index (χ4v) is 4.33. The lowest BCUT2D eigenvalue weighted by atomic mass is 10.1. The van der Waals surface area contributed by atoms with Gasteiger partial charge in [-0.15, -0.1) is 5.10 Å². The second-order valence-electron chi connectivity index (χ2n) is 7.55. The number of para-hydroxylation sites is 1. The van der Waals surface area contributed by atoms with Gasteiger partial charge in [0.25, 0.3) is 5.91 Å². The summed E-state index contributed by atoms with van der Waals surface area (Å²) in [6, 6.07) is 18.6. The van der Waals surface area contributed by atoms with Gasteiger partial charge in [-0.1, -0.05) is 47.5 Å². The Bertz CT molecular complexity index is 1350. The molecule has 3 aromatic carbocycles. The largest absolute Gasteiger partial charge is 0.482 e. The van der Waals surface area contributed by atoms with Gasteiger partial charge in [0.1, 0.15) is 5.75 Å². The molecule has 0 N–H and O–H groups in total. The zero-order chi connectivity index (χ0) is 22.4. The van der Waals surface area contributed by atoms with Crippen LogP contribution in [0.3, 0.4) is 0 Å². The Labute approximate surface area is 195 Å².